The second-order valence-electron chi connectivity index (χ2n) is 6.16. The zero-order valence-corrected chi connectivity index (χ0v) is 13.3. The summed E-state index contributed by atoms with van der Waals surface area (Å²) in [5.74, 6) is 0.396. The van der Waals surface area contributed by atoms with Gasteiger partial charge >= 0.3 is 0 Å². The van der Waals surface area contributed by atoms with Crippen molar-refractivity contribution in [2.75, 3.05) is 18.4 Å². The average molecular weight is 317 g/mol. The summed E-state index contributed by atoms with van der Waals surface area (Å²) in [7, 11) is 0. The van der Waals surface area contributed by atoms with E-state index in [2.05, 4.69) is 27.8 Å². The van der Waals surface area contributed by atoms with Crippen molar-refractivity contribution in [3.63, 3.8) is 0 Å². The van der Waals surface area contributed by atoms with Crippen molar-refractivity contribution in [2.24, 2.45) is 0 Å². The first-order valence-corrected chi connectivity index (χ1v) is 8.27. The normalized spacial score (nSPS) is 17.1. The SMILES string of the molecule is O=C(Nc1ccc(C2CCNC2)cc1)c1ccc2ccccc2n1. The first kappa shape index (κ1) is 14.8. The molecule has 4 heteroatoms. The number of benzene rings is 2. The average Bonchev–Trinajstić information content (AvgIpc) is 3.16. The summed E-state index contributed by atoms with van der Waals surface area (Å²) in [5, 5.41) is 7.33. The van der Waals surface area contributed by atoms with Gasteiger partial charge in [-0.15, -0.1) is 0 Å². The number of para-hydroxylation sites is 1. The van der Waals surface area contributed by atoms with Gasteiger partial charge in [-0.05, 0) is 48.7 Å². The summed E-state index contributed by atoms with van der Waals surface area (Å²) >= 11 is 0. The van der Waals surface area contributed by atoms with E-state index in [1.807, 2.05) is 42.5 Å². The quantitative estimate of drug-likeness (QED) is 0.776. The van der Waals surface area contributed by atoms with Crippen LogP contribution in [0.25, 0.3) is 10.9 Å². The third kappa shape index (κ3) is 3.01. The Morgan fingerprint density at radius 2 is 1.88 bits per heavy atom. The van der Waals surface area contributed by atoms with Crippen molar-refractivity contribution < 1.29 is 4.79 Å². The van der Waals surface area contributed by atoms with Crippen molar-refractivity contribution in [2.45, 2.75) is 12.3 Å². The Morgan fingerprint density at radius 1 is 1.04 bits per heavy atom. The summed E-state index contributed by atoms with van der Waals surface area (Å²) in [6, 6.07) is 19.6. The molecule has 0 aliphatic carbocycles. The smallest absolute Gasteiger partial charge is 0.274 e. The molecule has 1 unspecified atom stereocenters. The van der Waals surface area contributed by atoms with E-state index in [0.29, 0.717) is 11.6 Å². The number of hydrogen-bond donors (Lipinski definition) is 2. The Morgan fingerprint density at radius 3 is 2.67 bits per heavy atom. The first-order valence-electron chi connectivity index (χ1n) is 8.27. The van der Waals surface area contributed by atoms with E-state index in [4.69, 9.17) is 0 Å². The molecule has 1 aromatic heterocycles. The molecule has 1 amide bonds. The van der Waals surface area contributed by atoms with Gasteiger partial charge in [-0.1, -0.05) is 36.4 Å². The second kappa shape index (κ2) is 6.42. The summed E-state index contributed by atoms with van der Waals surface area (Å²) in [6.07, 6.45) is 1.17. The van der Waals surface area contributed by atoms with Crippen molar-refractivity contribution in [3.05, 3.63) is 71.9 Å². The number of nitrogens with one attached hydrogen (secondary N) is 2. The van der Waals surface area contributed by atoms with Gasteiger partial charge in [-0.3, -0.25) is 4.79 Å². The predicted molar refractivity (Wildman–Crippen MR) is 96.4 cm³/mol. The molecule has 0 spiro atoms. The van der Waals surface area contributed by atoms with Crippen molar-refractivity contribution in [3.8, 4) is 0 Å². The maximum atomic E-state index is 12.4. The maximum absolute atomic E-state index is 12.4. The van der Waals surface area contributed by atoms with E-state index < -0.39 is 0 Å². The Hall–Kier alpha value is -2.72. The van der Waals surface area contributed by atoms with Crippen LogP contribution < -0.4 is 10.6 Å². The van der Waals surface area contributed by atoms with Crippen molar-refractivity contribution >= 4 is 22.5 Å². The molecule has 1 aliphatic heterocycles. The molecule has 2 N–H and O–H groups in total. The lowest BCUT2D eigenvalue weighted by Crippen LogP contribution is -2.13. The molecule has 1 fully saturated rings. The van der Waals surface area contributed by atoms with Crippen LogP contribution in [0.1, 0.15) is 28.4 Å². The highest BCUT2D eigenvalue weighted by Crippen LogP contribution is 2.23. The molecule has 1 aliphatic rings. The number of pyridine rings is 1. The highest BCUT2D eigenvalue weighted by atomic mass is 16.1. The van der Waals surface area contributed by atoms with Gasteiger partial charge in [0.2, 0.25) is 0 Å². The van der Waals surface area contributed by atoms with E-state index in [1.165, 1.54) is 12.0 Å². The number of nitrogens with zero attached hydrogens (tertiary/aromatic N) is 1. The predicted octanol–water partition coefficient (Wildman–Crippen LogP) is 3.56. The molecular weight excluding hydrogens is 298 g/mol. The molecule has 0 saturated carbocycles. The lowest BCUT2D eigenvalue weighted by atomic mass is 9.98. The number of carbonyl (C=O) groups excluding carboxylic acids is 1. The minimum atomic E-state index is -0.184. The zero-order valence-electron chi connectivity index (χ0n) is 13.3. The van der Waals surface area contributed by atoms with Crippen LogP contribution in [0.5, 0.6) is 0 Å². The molecule has 4 nitrogen and oxygen atoms in total. The van der Waals surface area contributed by atoms with Gasteiger partial charge < -0.3 is 10.6 Å². The molecule has 0 bridgehead atoms. The minimum absolute atomic E-state index is 0.184. The number of aromatic nitrogens is 1. The molecule has 1 saturated heterocycles. The summed E-state index contributed by atoms with van der Waals surface area (Å²) < 4.78 is 0. The summed E-state index contributed by atoms with van der Waals surface area (Å²) in [6.45, 7) is 2.11. The number of anilines is 1. The fraction of sp³-hybridized carbons (Fsp3) is 0.200. The molecule has 3 aromatic rings. The van der Waals surface area contributed by atoms with Gasteiger partial charge in [0, 0.05) is 17.6 Å². The first-order chi connectivity index (χ1) is 11.8. The van der Waals surface area contributed by atoms with Crippen LogP contribution >= 0.6 is 0 Å². The highest BCUT2D eigenvalue weighted by molar-refractivity contribution is 6.04. The van der Waals surface area contributed by atoms with E-state index in [-0.39, 0.29) is 5.91 Å². The third-order valence-electron chi connectivity index (χ3n) is 4.53. The topological polar surface area (TPSA) is 54.0 Å². The standard InChI is InChI=1S/C20H19N3O/c24-20(19-10-7-15-3-1-2-4-18(15)23-19)22-17-8-5-14(6-9-17)16-11-12-21-13-16/h1-10,16,21H,11-13H2,(H,22,24). The van der Waals surface area contributed by atoms with E-state index >= 15 is 0 Å². The Labute approximate surface area is 140 Å². The third-order valence-corrected chi connectivity index (χ3v) is 4.53. The minimum Gasteiger partial charge on any atom is -0.321 e. The Bertz CT molecular complexity index is 867. The van der Waals surface area contributed by atoms with Crippen LogP contribution in [0.2, 0.25) is 0 Å². The molecule has 120 valence electrons. The van der Waals surface area contributed by atoms with Gasteiger partial charge in [0.25, 0.3) is 5.91 Å². The van der Waals surface area contributed by atoms with E-state index in [1.54, 1.807) is 6.07 Å². The second-order valence-corrected chi connectivity index (χ2v) is 6.16. The monoisotopic (exact) mass is 317 g/mol. The van der Waals surface area contributed by atoms with Crippen molar-refractivity contribution in [1.29, 1.82) is 0 Å². The van der Waals surface area contributed by atoms with Gasteiger partial charge in [0.15, 0.2) is 0 Å². The molecule has 2 heterocycles. The highest BCUT2D eigenvalue weighted by Gasteiger charge is 2.16. The fourth-order valence-electron chi connectivity index (χ4n) is 3.17. The number of fused-ring (bicyclic) bond motifs is 1. The van der Waals surface area contributed by atoms with Crippen LogP contribution in [-0.4, -0.2) is 24.0 Å². The van der Waals surface area contributed by atoms with Gasteiger partial charge in [-0.2, -0.15) is 0 Å². The molecule has 0 radical (unpaired) electrons. The van der Waals surface area contributed by atoms with Crippen molar-refractivity contribution in [1.82, 2.24) is 10.3 Å². The van der Waals surface area contributed by atoms with Crippen LogP contribution in [0.4, 0.5) is 5.69 Å². The van der Waals surface area contributed by atoms with Crippen LogP contribution in [0, 0.1) is 0 Å². The summed E-state index contributed by atoms with van der Waals surface area (Å²) in [4.78, 5) is 16.8. The fourth-order valence-corrected chi connectivity index (χ4v) is 3.17. The van der Waals surface area contributed by atoms with Crippen LogP contribution in [-0.2, 0) is 0 Å². The van der Waals surface area contributed by atoms with E-state index in [0.717, 1.165) is 29.7 Å². The van der Waals surface area contributed by atoms with Crippen LogP contribution in [0.3, 0.4) is 0 Å². The van der Waals surface area contributed by atoms with Gasteiger partial charge in [0.05, 0.1) is 5.52 Å². The number of carbonyl (C=O) groups is 1. The maximum Gasteiger partial charge on any atom is 0.274 e. The molecule has 24 heavy (non-hydrogen) atoms. The van der Waals surface area contributed by atoms with Gasteiger partial charge in [-0.25, -0.2) is 4.98 Å². The molecular formula is C20H19N3O. The molecule has 1 atom stereocenters. The zero-order chi connectivity index (χ0) is 16.4. The lowest BCUT2D eigenvalue weighted by molar-refractivity contribution is 0.102. The number of hydrogen-bond acceptors (Lipinski definition) is 3. The number of amides is 1. The van der Waals surface area contributed by atoms with Crippen LogP contribution in [0.15, 0.2) is 60.7 Å². The molecule has 2 aromatic carbocycles. The Balaban J connectivity index is 1.50. The van der Waals surface area contributed by atoms with E-state index in [9.17, 15) is 4.79 Å². The number of rotatable bonds is 3. The Kier molecular flexibility index (Phi) is 3.97. The largest absolute Gasteiger partial charge is 0.321 e. The van der Waals surface area contributed by atoms with Gasteiger partial charge in [0.1, 0.15) is 5.69 Å². The lowest BCUT2D eigenvalue weighted by Gasteiger charge is -2.10. The summed E-state index contributed by atoms with van der Waals surface area (Å²) in [5.41, 5.74) is 3.37. The molecule has 4 rings (SSSR count).